The molecule has 3 rings (SSSR count). The zero-order valence-electron chi connectivity index (χ0n) is 9.84. The largest absolute Gasteiger partial charge is 0.0843 e. The van der Waals surface area contributed by atoms with Gasteiger partial charge in [0.2, 0.25) is 0 Å². The van der Waals surface area contributed by atoms with Crippen molar-refractivity contribution in [3.63, 3.8) is 0 Å². The van der Waals surface area contributed by atoms with Gasteiger partial charge in [0.25, 0.3) is 0 Å². The van der Waals surface area contributed by atoms with Gasteiger partial charge in [0, 0.05) is 19.6 Å². The molecule has 2 aromatic carbocycles. The van der Waals surface area contributed by atoms with Gasteiger partial charge in [0.15, 0.2) is 0 Å². The van der Waals surface area contributed by atoms with Crippen LogP contribution < -0.4 is 0 Å². The van der Waals surface area contributed by atoms with E-state index < -0.39 is 0 Å². The smallest absolute Gasteiger partial charge is 0.0806 e. The molecular weight excluding hydrogens is 492 g/mol. The lowest BCUT2D eigenvalue weighted by molar-refractivity contribution is 1.16. The van der Waals surface area contributed by atoms with E-state index in [0.717, 1.165) is 0 Å². The van der Waals surface area contributed by atoms with Gasteiger partial charge in [-0.05, 0) is 0 Å². The second kappa shape index (κ2) is 6.64. The van der Waals surface area contributed by atoms with Crippen LogP contribution in [0, 0.1) is 0 Å². The molecule has 0 saturated heterocycles. The minimum atomic E-state index is 0.186. The normalized spacial score (nSPS) is 13.1. The zero-order chi connectivity index (χ0) is 16.3. The molecule has 0 atom stereocenters. The first-order chi connectivity index (χ1) is 10.3. The number of hydrogen-bond acceptors (Lipinski definition) is 2. The summed E-state index contributed by atoms with van der Waals surface area (Å²) in [4.78, 5) is 2.59. The molecule has 0 spiro atoms. The van der Waals surface area contributed by atoms with Crippen molar-refractivity contribution in [2.24, 2.45) is 0 Å². The number of benzene rings is 2. The number of rotatable bonds is 0. The van der Waals surface area contributed by atoms with Gasteiger partial charge < -0.3 is 0 Å². The SMILES string of the molecule is Clc1c(Cl)c(Cl)c2c(c1Cl)Sc1c(Cl)c(Cl)c(Cl)c(Cl)c1S2. The van der Waals surface area contributed by atoms with Gasteiger partial charge >= 0.3 is 0 Å². The Balaban J connectivity index is 2.32. The van der Waals surface area contributed by atoms with Crippen LogP contribution in [0.15, 0.2) is 19.6 Å². The third kappa shape index (κ3) is 2.72. The topological polar surface area (TPSA) is 0 Å². The van der Waals surface area contributed by atoms with Gasteiger partial charge in [-0.3, -0.25) is 0 Å². The molecular formula is C12Cl8S2. The Bertz CT molecular complexity index is 698. The fourth-order valence-electron chi connectivity index (χ4n) is 1.75. The average Bonchev–Trinajstić information content (AvgIpc) is 2.52. The highest BCUT2D eigenvalue weighted by molar-refractivity contribution is 8.05. The van der Waals surface area contributed by atoms with Gasteiger partial charge in [-0.25, -0.2) is 0 Å². The lowest BCUT2D eigenvalue weighted by atomic mass is 10.3. The Morgan fingerprint density at radius 3 is 0.682 bits per heavy atom. The molecule has 0 saturated carbocycles. The predicted octanol–water partition coefficient (Wildman–Crippen LogP) is 9.53. The lowest BCUT2D eigenvalue weighted by Gasteiger charge is -2.24. The fraction of sp³-hybridized carbons (Fsp3) is 0. The first-order valence-electron chi connectivity index (χ1n) is 5.33. The molecule has 0 fully saturated rings. The number of hydrogen-bond donors (Lipinski definition) is 0. The van der Waals surface area contributed by atoms with Gasteiger partial charge in [0.1, 0.15) is 0 Å². The molecule has 0 amide bonds. The van der Waals surface area contributed by atoms with Crippen LogP contribution in [-0.4, -0.2) is 0 Å². The van der Waals surface area contributed by atoms with E-state index in [1.807, 2.05) is 0 Å². The van der Waals surface area contributed by atoms with E-state index >= 15 is 0 Å². The Kier molecular flexibility index (Phi) is 5.51. The zero-order valence-corrected chi connectivity index (χ0v) is 17.5. The van der Waals surface area contributed by atoms with Crippen molar-refractivity contribution in [1.82, 2.24) is 0 Å². The fourth-order valence-corrected chi connectivity index (χ4v) is 6.82. The van der Waals surface area contributed by atoms with Gasteiger partial charge in [0.05, 0.1) is 40.2 Å². The molecule has 1 aliphatic heterocycles. The predicted molar refractivity (Wildman–Crippen MR) is 101 cm³/mol. The van der Waals surface area contributed by atoms with Crippen LogP contribution in [0.25, 0.3) is 0 Å². The summed E-state index contributed by atoms with van der Waals surface area (Å²) < 4.78 is 0. The monoisotopic (exact) mass is 488 g/mol. The van der Waals surface area contributed by atoms with Crippen LogP contribution in [0.4, 0.5) is 0 Å². The standard InChI is InChI=1S/C12Cl8S2/c13-1-2(14)6(18)10-9(5(1)17)21-11-7(19)3(15)4(16)8(20)12(11)22-10. The second-order valence-corrected chi connectivity index (χ2v) is 9.10. The van der Waals surface area contributed by atoms with Crippen molar-refractivity contribution in [2.45, 2.75) is 19.6 Å². The second-order valence-electron chi connectivity index (χ2n) is 4.03. The van der Waals surface area contributed by atoms with E-state index in [4.69, 9.17) is 92.8 Å². The highest BCUT2D eigenvalue weighted by Gasteiger charge is 2.31. The molecule has 0 aromatic heterocycles. The van der Waals surface area contributed by atoms with Crippen molar-refractivity contribution >= 4 is 116 Å². The Morgan fingerprint density at radius 2 is 0.500 bits per heavy atom. The lowest BCUT2D eigenvalue weighted by Crippen LogP contribution is -1.96. The Labute approximate surface area is 174 Å². The molecule has 1 heterocycles. The molecule has 0 nitrogen and oxygen atoms in total. The number of fused-ring (bicyclic) bond motifs is 2. The quantitative estimate of drug-likeness (QED) is 0.227. The Hall–Kier alpha value is 1.46. The minimum absolute atomic E-state index is 0.186. The van der Waals surface area contributed by atoms with Crippen LogP contribution in [0.5, 0.6) is 0 Å². The highest BCUT2D eigenvalue weighted by atomic mass is 35.5. The van der Waals surface area contributed by atoms with E-state index in [9.17, 15) is 0 Å². The maximum absolute atomic E-state index is 6.27. The van der Waals surface area contributed by atoms with Crippen molar-refractivity contribution in [2.75, 3.05) is 0 Å². The van der Waals surface area contributed by atoms with Gasteiger partial charge in [-0.2, -0.15) is 0 Å². The minimum Gasteiger partial charge on any atom is -0.0843 e. The van der Waals surface area contributed by atoms with E-state index in [2.05, 4.69) is 0 Å². The highest BCUT2D eigenvalue weighted by Crippen LogP contribution is 2.61. The van der Waals surface area contributed by atoms with E-state index in [1.54, 1.807) is 0 Å². The van der Waals surface area contributed by atoms with Gasteiger partial charge in [-0.15, -0.1) is 0 Å². The molecule has 0 N–H and O–H groups in total. The molecule has 10 heteroatoms. The molecule has 0 unspecified atom stereocenters. The molecule has 0 radical (unpaired) electrons. The molecule has 0 aliphatic carbocycles. The summed E-state index contributed by atoms with van der Waals surface area (Å²) in [6.07, 6.45) is 0. The summed E-state index contributed by atoms with van der Waals surface area (Å²) in [6, 6.07) is 0. The molecule has 116 valence electrons. The third-order valence-electron chi connectivity index (χ3n) is 2.77. The summed E-state index contributed by atoms with van der Waals surface area (Å²) in [6.45, 7) is 0. The van der Waals surface area contributed by atoms with E-state index in [-0.39, 0.29) is 20.1 Å². The first kappa shape index (κ1) is 18.3. The number of halogens is 8. The first-order valence-corrected chi connectivity index (χ1v) is 9.99. The molecule has 22 heavy (non-hydrogen) atoms. The van der Waals surface area contributed by atoms with Crippen molar-refractivity contribution in [1.29, 1.82) is 0 Å². The molecule has 0 bridgehead atoms. The third-order valence-corrected chi connectivity index (χ3v) is 9.53. The van der Waals surface area contributed by atoms with Crippen LogP contribution in [-0.2, 0) is 0 Å². The van der Waals surface area contributed by atoms with Crippen LogP contribution >= 0.6 is 116 Å². The summed E-state index contributed by atoms with van der Waals surface area (Å²) in [5, 5.41) is 1.94. The van der Waals surface area contributed by atoms with Crippen LogP contribution in [0.3, 0.4) is 0 Å². The molecule has 1 aliphatic rings. The van der Waals surface area contributed by atoms with Gasteiger partial charge in [-0.1, -0.05) is 116 Å². The van der Waals surface area contributed by atoms with E-state index in [0.29, 0.717) is 39.7 Å². The summed E-state index contributed by atoms with van der Waals surface area (Å²) in [5.41, 5.74) is 0. The summed E-state index contributed by atoms with van der Waals surface area (Å²) in [5.74, 6) is 0. The van der Waals surface area contributed by atoms with Crippen molar-refractivity contribution in [3.8, 4) is 0 Å². The summed E-state index contributed by atoms with van der Waals surface area (Å²) >= 11 is 52.0. The average molecular weight is 492 g/mol. The summed E-state index contributed by atoms with van der Waals surface area (Å²) in [7, 11) is 0. The van der Waals surface area contributed by atoms with Crippen LogP contribution in [0.1, 0.15) is 0 Å². The molecule has 2 aromatic rings. The Morgan fingerprint density at radius 1 is 0.318 bits per heavy atom. The maximum Gasteiger partial charge on any atom is 0.0806 e. The van der Waals surface area contributed by atoms with E-state index in [1.165, 1.54) is 23.5 Å². The van der Waals surface area contributed by atoms with Crippen LogP contribution in [0.2, 0.25) is 40.2 Å². The van der Waals surface area contributed by atoms with Crippen molar-refractivity contribution in [3.05, 3.63) is 40.2 Å². The maximum atomic E-state index is 6.27. The van der Waals surface area contributed by atoms with Crippen molar-refractivity contribution < 1.29 is 0 Å².